The van der Waals surface area contributed by atoms with Crippen LogP contribution in [0.25, 0.3) is 10.9 Å². The third-order valence-electron chi connectivity index (χ3n) is 6.85. The van der Waals surface area contributed by atoms with E-state index in [0.29, 0.717) is 28.8 Å². The highest BCUT2D eigenvalue weighted by atomic mass is 32.2. The summed E-state index contributed by atoms with van der Waals surface area (Å²) in [5, 5.41) is 0.767. The predicted molar refractivity (Wildman–Crippen MR) is 153 cm³/mol. The van der Waals surface area contributed by atoms with Crippen LogP contribution in [0.5, 0.6) is 5.75 Å². The molecule has 0 fully saturated rings. The quantitative estimate of drug-likeness (QED) is 0.281. The average Bonchev–Trinajstić information content (AvgIpc) is 3.34. The minimum absolute atomic E-state index is 0.126. The lowest BCUT2D eigenvalue weighted by Crippen LogP contribution is -2.46. The smallest absolute Gasteiger partial charge is 0.411 e. The standard InChI is InChI=1S/C31H32N2O7S/c1-31(2,3)40-30(35)32-17-16-21-18-23(14-15-26(21)28(32)29(34)38-4)39-20-22-19-33(27-13-9-8-12-25(22)27)41(36,37)24-10-6-5-7-11-24/h5-15,18-19,28H,16-17,20H2,1-4H3/t28-/m1/s1. The Labute approximate surface area is 239 Å². The van der Waals surface area contributed by atoms with Crippen molar-refractivity contribution in [1.82, 2.24) is 8.87 Å². The molecular weight excluding hydrogens is 544 g/mol. The normalized spacial score (nSPS) is 15.3. The van der Waals surface area contributed by atoms with Gasteiger partial charge in [0.2, 0.25) is 0 Å². The van der Waals surface area contributed by atoms with E-state index in [-0.39, 0.29) is 18.0 Å². The number of ether oxygens (including phenoxy) is 3. The maximum atomic E-state index is 13.4. The van der Waals surface area contributed by atoms with Gasteiger partial charge in [-0.1, -0.05) is 42.5 Å². The fraction of sp³-hybridized carbons (Fsp3) is 0.290. The van der Waals surface area contributed by atoms with Crippen molar-refractivity contribution >= 4 is 33.0 Å². The van der Waals surface area contributed by atoms with Gasteiger partial charge in [0.25, 0.3) is 10.0 Å². The number of methoxy groups -OCH3 is 1. The first-order valence-electron chi connectivity index (χ1n) is 13.2. The zero-order valence-corrected chi connectivity index (χ0v) is 24.2. The summed E-state index contributed by atoms with van der Waals surface area (Å²) in [7, 11) is -2.52. The fourth-order valence-corrected chi connectivity index (χ4v) is 6.39. The zero-order chi connectivity index (χ0) is 29.4. The average molecular weight is 577 g/mol. The lowest BCUT2D eigenvalue weighted by molar-refractivity contribution is -0.147. The monoisotopic (exact) mass is 576 g/mol. The lowest BCUT2D eigenvalue weighted by Gasteiger charge is -2.36. The van der Waals surface area contributed by atoms with Gasteiger partial charge in [0.15, 0.2) is 6.04 Å². The van der Waals surface area contributed by atoms with Crippen LogP contribution in [0.2, 0.25) is 0 Å². The van der Waals surface area contributed by atoms with Crippen molar-refractivity contribution in [3.8, 4) is 5.75 Å². The Balaban J connectivity index is 1.41. The first kappa shape index (κ1) is 28.2. The van der Waals surface area contributed by atoms with Gasteiger partial charge in [0, 0.05) is 23.7 Å². The minimum Gasteiger partial charge on any atom is -0.489 e. The van der Waals surface area contributed by atoms with Gasteiger partial charge >= 0.3 is 12.1 Å². The number of hydrogen-bond donors (Lipinski definition) is 0. The molecule has 1 aliphatic rings. The highest BCUT2D eigenvalue weighted by molar-refractivity contribution is 7.90. The fourth-order valence-electron chi connectivity index (χ4n) is 4.98. The summed E-state index contributed by atoms with van der Waals surface area (Å²) in [4.78, 5) is 27.2. The Bertz CT molecular complexity index is 1710. The number of nitrogens with zero attached hydrogens (tertiary/aromatic N) is 2. The summed E-state index contributed by atoms with van der Waals surface area (Å²) in [6.07, 6.45) is 1.51. The number of para-hydroxylation sites is 1. The van der Waals surface area contributed by atoms with Crippen molar-refractivity contribution in [2.24, 2.45) is 0 Å². The number of benzene rings is 3. The topological polar surface area (TPSA) is 104 Å². The Kier molecular flexibility index (Phi) is 7.52. The molecule has 1 atom stereocenters. The van der Waals surface area contributed by atoms with E-state index >= 15 is 0 Å². The molecule has 0 bridgehead atoms. The molecule has 1 aromatic heterocycles. The van der Waals surface area contributed by atoms with E-state index in [4.69, 9.17) is 14.2 Å². The Morgan fingerprint density at radius 1 is 0.976 bits per heavy atom. The number of aromatic nitrogens is 1. The Morgan fingerprint density at radius 2 is 1.68 bits per heavy atom. The summed E-state index contributed by atoms with van der Waals surface area (Å²) in [6, 6.07) is 20.0. The molecule has 5 rings (SSSR count). The highest BCUT2D eigenvalue weighted by Gasteiger charge is 2.39. The summed E-state index contributed by atoms with van der Waals surface area (Å²) < 4.78 is 44.8. The maximum Gasteiger partial charge on any atom is 0.411 e. The van der Waals surface area contributed by atoms with Gasteiger partial charge in [0.05, 0.1) is 17.5 Å². The Morgan fingerprint density at radius 3 is 2.39 bits per heavy atom. The van der Waals surface area contributed by atoms with Gasteiger partial charge in [-0.15, -0.1) is 0 Å². The molecule has 0 spiro atoms. The molecule has 0 aliphatic carbocycles. The molecule has 3 aromatic carbocycles. The summed E-state index contributed by atoms with van der Waals surface area (Å²) >= 11 is 0. The van der Waals surface area contributed by atoms with Crippen LogP contribution in [-0.2, 0) is 37.3 Å². The third kappa shape index (κ3) is 5.65. The molecule has 0 saturated carbocycles. The highest BCUT2D eigenvalue weighted by Crippen LogP contribution is 2.35. The zero-order valence-electron chi connectivity index (χ0n) is 23.4. The summed E-state index contributed by atoms with van der Waals surface area (Å²) in [6.45, 7) is 5.72. The number of fused-ring (bicyclic) bond motifs is 2. The first-order valence-corrected chi connectivity index (χ1v) is 14.7. The van der Waals surface area contributed by atoms with E-state index < -0.39 is 33.7 Å². The molecule has 1 aliphatic heterocycles. The molecular formula is C31H32N2O7S. The number of carbonyl (C=O) groups excluding carboxylic acids is 2. The molecule has 214 valence electrons. The molecule has 10 heteroatoms. The van der Waals surface area contributed by atoms with Crippen molar-refractivity contribution in [1.29, 1.82) is 0 Å². The lowest BCUT2D eigenvalue weighted by atomic mass is 9.92. The van der Waals surface area contributed by atoms with Crippen LogP contribution in [0.1, 0.15) is 43.5 Å². The molecule has 2 heterocycles. The van der Waals surface area contributed by atoms with Gasteiger partial charge < -0.3 is 14.2 Å². The van der Waals surface area contributed by atoms with Gasteiger partial charge in [-0.2, -0.15) is 0 Å². The number of rotatable bonds is 6. The third-order valence-corrected chi connectivity index (χ3v) is 8.54. The second-order valence-corrected chi connectivity index (χ2v) is 12.6. The second-order valence-electron chi connectivity index (χ2n) is 10.8. The SMILES string of the molecule is COC(=O)[C@H]1c2ccc(OCc3cn(S(=O)(=O)c4ccccc4)c4ccccc34)cc2CCN1C(=O)OC(C)(C)C. The molecule has 0 unspecified atom stereocenters. The second kappa shape index (κ2) is 10.9. The molecule has 0 radical (unpaired) electrons. The number of hydrogen-bond acceptors (Lipinski definition) is 7. The molecule has 41 heavy (non-hydrogen) atoms. The van der Waals surface area contributed by atoms with Crippen LogP contribution >= 0.6 is 0 Å². The van der Waals surface area contributed by atoms with E-state index in [1.165, 1.54) is 16.0 Å². The molecule has 0 N–H and O–H groups in total. The molecule has 4 aromatic rings. The predicted octanol–water partition coefficient (Wildman–Crippen LogP) is 5.46. The van der Waals surface area contributed by atoms with Crippen molar-refractivity contribution in [3.05, 3.63) is 95.7 Å². The van der Waals surface area contributed by atoms with Crippen LogP contribution in [-0.4, -0.2) is 48.6 Å². The van der Waals surface area contributed by atoms with Crippen molar-refractivity contribution < 1.29 is 32.2 Å². The van der Waals surface area contributed by atoms with Crippen LogP contribution in [0, 0.1) is 0 Å². The Hall–Kier alpha value is -4.31. The molecule has 1 amide bonds. The molecule has 9 nitrogen and oxygen atoms in total. The summed E-state index contributed by atoms with van der Waals surface area (Å²) in [5.41, 5.74) is 2.06. The van der Waals surface area contributed by atoms with Crippen molar-refractivity contribution in [2.45, 2.75) is 50.3 Å². The largest absolute Gasteiger partial charge is 0.489 e. The van der Waals surface area contributed by atoms with E-state index in [9.17, 15) is 18.0 Å². The molecule has 0 saturated heterocycles. The van der Waals surface area contributed by atoms with Crippen LogP contribution < -0.4 is 4.74 Å². The minimum atomic E-state index is -3.81. The number of esters is 1. The summed E-state index contributed by atoms with van der Waals surface area (Å²) in [5.74, 6) is -0.00116. The first-order chi connectivity index (χ1) is 19.5. The van der Waals surface area contributed by atoms with E-state index in [0.717, 1.165) is 10.9 Å². The van der Waals surface area contributed by atoms with Gasteiger partial charge in [-0.25, -0.2) is 22.0 Å². The van der Waals surface area contributed by atoms with Crippen LogP contribution in [0.3, 0.4) is 0 Å². The van der Waals surface area contributed by atoms with Crippen molar-refractivity contribution in [3.63, 3.8) is 0 Å². The van der Waals surface area contributed by atoms with Crippen LogP contribution in [0.15, 0.2) is 83.9 Å². The van der Waals surface area contributed by atoms with Gasteiger partial charge in [-0.05, 0) is 68.7 Å². The van der Waals surface area contributed by atoms with Crippen LogP contribution in [0.4, 0.5) is 4.79 Å². The van der Waals surface area contributed by atoms with Crippen molar-refractivity contribution in [2.75, 3.05) is 13.7 Å². The maximum absolute atomic E-state index is 13.4. The van der Waals surface area contributed by atoms with Gasteiger partial charge in [0.1, 0.15) is 18.0 Å². The van der Waals surface area contributed by atoms with E-state index in [1.807, 2.05) is 18.2 Å². The van der Waals surface area contributed by atoms with E-state index in [1.54, 1.807) is 81.6 Å². The van der Waals surface area contributed by atoms with Gasteiger partial charge in [-0.3, -0.25) is 4.90 Å². The number of amides is 1. The number of carbonyl (C=O) groups is 2. The van der Waals surface area contributed by atoms with E-state index in [2.05, 4.69) is 0 Å².